The molecule has 38 heavy (non-hydrogen) atoms. The number of ether oxygens (including phenoxy) is 1. The van der Waals surface area contributed by atoms with Gasteiger partial charge in [-0.15, -0.1) is 0 Å². The summed E-state index contributed by atoms with van der Waals surface area (Å²) in [4.78, 5) is 17.3. The molecule has 0 spiro atoms. The van der Waals surface area contributed by atoms with E-state index in [-0.39, 0.29) is 16.9 Å². The van der Waals surface area contributed by atoms with Crippen molar-refractivity contribution >= 4 is 34.2 Å². The zero-order chi connectivity index (χ0) is 27.8. The fourth-order valence-electron chi connectivity index (χ4n) is 4.32. The average Bonchev–Trinajstić information content (AvgIpc) is 3.20. The predicted octanol–water partition coefficient (Wildman–Crippen LogP) is 5.84. The molecule has 1 aliphatic heterocycles. The van der Waals surface area contributed by atoms with Crippen LogP contribution in [-0.2, 0) is 18.3 Å². The van der Waals surface area contributed by atoms with Crippen LogP contribution in [0.2, 0.25) is 0 Å². The van der Waals surface area contributed by atoms with Gasteiger partial charge in [0.25, 0.3) is 0 Å². The number of hydrogen-bond acceptors (Lipinski definition) is 6. The Morgan fingerprint density at radius 1 is 1.32 bits per heavy atom. The molecule has 8 nitrogen and oxygen atoms in total. The lowest BCUT2D eigenvalue weighted by Gasteiger charge is -2.24. The van der Waals surface area contributed by atoms with Crippen molar-refractivity contribution in [1.29, 1.82) is 5.41 Å². The first-order chi connectivity index (χ1) is 17.9. The number of hydrogen-bond donors (Lipinski definition) is 3. The number of benzene rings is 1. The number of anilines is 1. The van der Waals surface area contributed by atoms with Gasteiger partial charge in [0.15, 0.2) is 11.6 Å². The first kappa shape index (κ1) is 27.3. The van der Waals surface area contributed by atoms with Crippen molar-refractivity contribution in [3.63, 3.8) is 0 Å². The number of carbonyl (C=O) groups excluding carboxylic acids is 1. The molecule has 0 unspecified atom stereocenters. The average molecular weight is 539 g/mol. The number of halogens is 2. The third kappa shape index (κ3) is 5.57. The molecule has 1 aromatic carbocycles. The topological polar surface area (TPSA) is 105 Å². The van der Waals surface area contributed by atoms with Gasteiger partial charge in [0, 0.05) is 71.3 Å². The second-order valence-electron chi connectivity index (χ2n) is 10.3. The van der Waals surface area contributed by atoms with Gasteiger partial charge in [-0.05, 0) is 38.1 Å². The van der Waals surface area contributed by atoms with Crippen LogP contribution in [0.25, 0.3) is 17.0 Å². The Morgan fingerprint density at radius 3 is 2.71 bits per heavy atom. The maximum atomic E-state index is 14.5. The number of amides is 1. The Hall–Kier alpha value is -3.72. The van der Waals surface area contributed by atoms with Crippen molar-refractivity contribution in [2.45, 2.75) is 47.1 Å². The van der Waals surface area contributed by atoms with Crippen LogP contribution in [0, 0.1) is 16.6 Å². The number of rotatable bonds is 4. The number of allylic oxidation sites excluding steroid dienone is 1. The Kier molecular flexibility index (Phi) is 7.60. The van der Waals surface area contributed by atoms with E-state index in [1.165, 1.54) is 12.1 Å². The maximum absolute atomic E-state index is 14.5. The van der Waals surface area contributed by atoms with Crippen molar-refractivity contribution in [3.05, 3.63) is 64.7 Å². The largest absolute Gasteiger partial charge is 0.482 e. The zero-order valence-corrected chi connectivity index (χ0v) is 23.1. The summed E-state index contributed by atoms with van der Waals surface area (Å²) >= 11 is 6.36. The molecule has 0 saturated heterocycles. The molecule has 1 atom stereocenters. The predicted molar refractivity (Wildman–Crippen MR) is 148 cm³/mol. The monoisotopic (exact) mass is 538 g/mol. The highest BCUT2D eigenvalue weighted by Crippen LogP contribution is 2.38. The van der Waals surface area contributed by atoms with E-state index in [0.717, 1.165) is 5.56 Å². The second-order valence-corrected chi connectivity index (χ2v) is 10.7. The smallest absolute Gasteiger partial charge is 0.231 e. The van der Waals surface area contributed by atoms with Crippen LogP contribution in [0.1, 0.15) is 57.4 Å². The molecule has 0 fully saturated rings. The molecule has 2 bridgehead atoms. The third-order valence-electron chi connectivity index (χ3n) is 6.26. The number of nitrogens with zero attached hydrogens (tertiary/aromatic N) is 3. The highest BCUT2D eigenvalue weighted by molar-refractivity contribution is 6.69. The fourth-order valence-corrected chi connectivity index (χ4v) is 4.48. The SMILES string of the molecule is CCN/C1=C(\C(=N)Cl)Cc2cn(C)nc2-c2ccc(F)cc2[C@@H](C)Oc2cc1cnc2NC(=O)C(C)(C)C. The highest BCUT2D eigenvalue weighted by atomic mass is 35.5. The van der Waals surface area contributed by atoms with Gasteiger partial charge in [0.1, 0.15) is 17.1 Å². The molecule has 3 heterocycles. The van der Waals surface area contributed by atoms with Crippen LogP contribution >= 0.6 is 11.6 Å². The van der Waals surface area contributed by atoms with Gasteiger partial charge in [-0.1, -0.05) is 32.4 Å². The Labute approximate surface area is 226 Å². The van der Waals surface area contributed by atoms with Crippen molar-refractivity contribution in [2.75, 3.05) is 11.9 Å². The molecule has 0 aliphatic carbocycles. The lowest BCUT2D eigenvalue weighted by atomic mass is 9.94. The number of aryl methyl sites for hydroxylation is 1. The minimum Gasteiger partial charge on any atom is -0.482 e. The molecule has 0 saturated carbocycles. The third-order valence-corrected chi connectivity index (χ3v) is 6.49. The van der Waals surface area contributed by atoms with E-state index in [1.807, 2.05) is 27.1 Å². The van der Waals surface area contributed by atoms with E-state index >= 15 is 0 Å². The van der Waals surface area contributed by atoms with Crippen LogP contribution in [0.15, 0.2) is 42.2 Å². The fraction of sp³-hybridized carbons (Fsp3) is 0.357. The van der Waals surface area contributed by atoms with Gasteiger partial charge in [0.2, 0.25) is 5.91 Å². The van der Waals surface area contributed by atoms with Gasteiger partial charge >= 0.3 is 0 Å². The summed E-state index contributed by atoms with van der Waals surface area (Å²) in [7, 11) is 1.81. The summed E-state index contributed by atoms with van der Waals surface area (Å²) < 4.78 is 22.6. The first-order valence-electron chi connectivity index (χ1n) is 12.4. The van der Waals surface area contributed by atoms with Gasteiger partial charge in [-0.2, -0.15) is 5.10 Å². The molecule has 10 heteroatoms. The summed E-state index contributed by atoms with van der Waals surface area (Å²) in [6.45, 7) is 9.75. The molecule has 3 N–H and O–H groups in total. The molecular weight excluding hydrogens is 507 g/mol. The lowest BCUT2D eigenvalue weighted by Crippen LogP contribution is -2.28. The van der Waals surface area contributed by atoms with E-state index < -0.39 is 17.3 Å². The molecule has 1 aliphatic rings. The Bertz CT molecular complexity index is 1440. The first-order valence-corrected chi connectivity index (χ1v) is 12.8. The van der Waals surface area contributed by atoms with E-state index in [0.29, 0.717) is 52.4 Å². The van der Waals surface area contributed by atoms with E-state index in [9.17, 15) is 9.18 Å². The standard InChI is InChI=1S/C28H32ClFN6O2/c1-7-32-23-16-11-22(26(33-13-16)34-27(37)28(3,4)5)38-15(2)20-12-18(30)8-9-19(20)24-17(14-36(6)35-24)10-21(23)25(29)31/h8-9,11-15,31-32H,7,10H2,1-6H3,(H,33,34,37)/b23-21-,31-25?/t15-/m1/s1. The number of fused-ring (bicyclic) bond motifs is 5. The molecule has 3 aromatic rings. The van der Waals surface area contributed by atoms with Crippen molar-refractivity contribution < 1.29 is 13.9 Å². The maximum Gasteiger partial charge on any atom is 0.231 e. The van der Waals surface area contributed by atoms with Crippen molar-refractivity contribution in [1.82, 2.24) is 20.1 Å². The van der Waals surface area contributed by atoms with Crippen molar-refractivity contribution in [3.8, 4) is 17.0 Å². The number of carbonyl (C=O) groups is 1. The highest BCUT2D eigenvalue weighted by Gasteiger charge is 2.27. The van der Waals surface area contributed by atoms with Crippen LogP contribution in [0.5, 0.6) is 5.75 Å². The molecule has 0 radical (unpaired) electrons. The van der Waals surface area contributed by atoms with Gasteiger partial charge in [-0.25, -0.2) is 9.37 Å². The zero-order valence-electron chi connectivity index (χ0n) is 22.4. The van der Waals surface area contributed by atoms with Crippen molar-refractivity contribution in [2.24, 2.45) is 12.5 Å². The Balaban J connectivity index is 2.01. The molecular formula is C28H32ClFN6O2. The van der Waals surface area contributed by atoms with Gasteiger partial charge in [-0.3, -0.25) is 14.9 Å². The van der Waals surface area contributed by atoms with Crippen LogP contribution in [0.4, 0.5) is 10.2 Å². The lowest BCUT2D eigenvalue weighted by molar-refractivity contribution is -0.123. The van der Waals surface area contributed by atoms with Gasteiger partial charge < -0.3 is 15.4 Å². The van der Waals surface area contributed by atoms with Crippen LogP contribution in [0.3, 0.4) is 0 Å². The molecule has 4 rings (SSSR count). The van der Waals surface area contributed by atoms with Gasteiger partial charge in [0.05, 0.1) is 5.69 Å². The van der Waals surface area contributed by atoms with E-state index in [4.69, 9.17) is 21.7 Å². The number of aromatic nitrogens is 3. The number of nitrogens with one attached hydrogen (secondary N) is 3. The summed E-state index contributed by atoms with van der Waals surface area (Å²) in [5, 5.41) is 19.1. The van der Waals surface area contributed by atoms with Crippen LogP contribution < -0.4 is 15.4 Å². The van der Waals surface area contributed by atoms with E-state index in [1.54, 1.807) is 43.8 Å². The summed E-state index contributed by atoms with van der Waals surface area (Å²) in [6.07, 6.45) is 3.17. The quantitative estimate of drug-likeness (QED) is 0.362. The molecule has 2 aromatic heterocycles. The molecule has 200 valence electrons. The normalized spacial score (nSPS) is 17.3. The summed E-state index contributed by atoms with van der Waals surface area (Å²) in [6, 6.07) is 6.25. The number of pyridine rings is 1. The summed E-state index contributed by atoms with van der Waals surface area (Å²) in [5.74, 6) is -0.0889. The molecule has 1 amide bonds. The van der Waals surface area contributed by atoms with E-state index in [2.05, 4.69) is 20.7 Å². The minimum atomic E-state index is -0.662. The minimum absolute atomic E-state index is 0.131. The Morgan fingerprint density at radius 2 is 2.05 bits per heavy atom. The second kappa shape index (κ2) is 10.6. The van der Waals surface area contributed by atoms with Crippen LogP contribution in [-0.4, -0.2) is 32.4 Å². The summed E-state index contributed by atoms with van der Waals surface area (Å²) in [5.41, 5.74) is 3.89.